The van der Waals surface area contributed by atoms with Crippen LogP contribution in [0, 0.1) is 11.8 Å². The van der Waals surface area contributed by atoms with Gasteiger partial charge in [0.1, 0.15) is 0 Å². The van der Waals surface area contributed by atoms with Crippen molar-refractivity contribution < 1.29 is 18.0 Å². The van der Waals surface area contributed by atoms with E-state index in [1.165, 1.54) is 0 Å². The molecule has 3 nitrogen and oxygen atoms in total. The van der Waals surface area contributed by atoms with Crippen LogP contribution in [0.2, 0.25) is 0 Å². The molecule has 1 fully saturated rings. The summed E-state index contributed by atoms with van der Waals surface area (Å²) in [5.74, 6) is -1.92. The van der Waals surface area contributed by atoms with Crippen LogP contribution in [0.5, 0.6) is 0 Å². The molecule has 1 aromatic carbocycles. The second kappa shape index (κ2) is 6.25. The number of nitrogen functional groups attached to an aromatic ring is 1. The SMILES string of the molecule is Nc1cc(Br)ccc1NC(=O)C1CCC(C(F)(F)F)CC1. The minimum absolute atomic E-state index is 0.0113. The highest BCUT2D eigenvalue weighted by Crippen LogP contribution is 2.39. The van der Waals surface area contributed by atoms with E-state index in [0.717, 1.165) is 4.47 Å². The highest BCUT2D eigenvalue weighted by Gasteiger charge is 2.42. The van der Waals surface area contributed by atoms with Crippen LogP contribution in [0.4, 0.5) is 24.5 Å². The minimum atomic E-state index is -4.16. The molecule has 0 bridgehead atoms. The third kappa shape index (κ3) is 4.12. The van der Waals surface area contributed by atoms with Gasteiger partial charge in [0.05, 0.1) is 17.3 Å². The van der Waals surface area contributed by atoms with Crippen molar-refractivity contribution in [3.63, 3.8) is 0 Å². The maximum Gasteiger partial charge on any atom is 0.391 e. The minimum Gasteiger partial charge on any atom is -0.397 e. The van der Waals surface area contributed by atoms with Gasteiger partial charge in [-0.1, -0.05) is 15.9 Å². The van der Waals surface area contributed by atoms with E-state index < -0.39 is 12.1 Å². The molecular weight excluding hydrogens is 349 g/mol. The van der Waals surface area contributed by atoms with Crippen LogP contribution < -0.4 is 11.1 Å². The Morgan fingerprint density at radius 2 is 1.86 bits per heavy atom. The standard InChI is InChI=1S/C14H16BrF3N2O/c15-10-5-6-12(11(19)7-10)20-13(21)8-1-3-9(4-2-8)14(16,17)18/h5-9H,1-4,19H2,(H,20,21). The summed E-state index contributed by atoms with van der Waals surface area (Å²) >= 11 is 3.26. The number of rotatable bonds is 2. The predicted octanol–water partition coefficient (Wildman–Crippen LogP) is 4.34. The molecule has 1 saturated carbocycles. The summed E-state index contributed by atoms with van der Waals surface area (Å²) < 4.78 is 38.6. The van der Waals surface area contributed by atoms with Crippen molar-refractivity contribution >= 4 is 33.2 Å². The number of amides is 1. The monoisotopic (exact) mass is 364 g/mol. The predicted molar refractivity (Wildman–Crippen MR) is 78.7 cm³/mol. The van der Waals surface area contributed by atoms with Crippen molar-refractivity contribution in [1.82, 2.24) is 0 Å². The molecule has 21 heavy (non-hydrogen) atoms. The number of hydrogen-bond donors (Lipinski definition) is 2. The van der Waals surface area contributed by atoms with Gasteiger partial charge in [-0.15, -0.1) is 0 Å². The van der Waals surface area contributed by atoms with E-state index >= 15 is 0 Å². The Morgan fingerprint density at radius 1 is 1.24 bits per heavy atom. The average Bonchev–Trinajstić information content (AvgIpc) is 2.41. The Hall–Kier alpha value is -1.24. The van der Waals surface area contributed by atoms with Crippen molar-refractivity contribution in [3.8, 4) is 0 Å². The number of benzene rings is 1. The van der Waals surface area contributed by atoms with Gasteiger partial charge in [-0.2, -0.15) is 13.2 Å². The van der Waals surface area contributed by atoms with Gasteiger partial charge in [-0.25, -0.2) is 0 Å². The van der Waals surface area contributed by atoms with Crippen LogP contribution in [-0.2, 0) is 4.79 Å². The Balaban J connectivity index is 1.93. The maximum atomic E-state index is 12.6. The number of halogens is 4. The third-order valence-corrected chi connectivity index (χ3v) is 4.33. The number of nitrogens with two attached hydrogens (primary N) is 1. The molecule has 1 aliphatic carbocycles. The van der Waals surface area contributed by atoms with E-state index in [2.05, 4.69) is 21.2 Å². The van der Waals surface area contributed by atoms with Gasteiger partial charge >= 0.3 is 6.18 Å². The lowest BCUT2D eigenvalue weighted by Crippen LogP contribution is -2.32. The molecule has 1 aliphatic rings. The third-order valence-electron chi connectivity index (χ3n) is 3.83. The van der Waals surface area contributed by atoms with E-state index in [1.54, 1.807) is 18.2 Å². The summed E-state index contributed by atoms with van der Waals surface area (Å²) in [7, 11) is 0. The molecule has 0 saturated heterocycles. The first kappa shape index (κ1) is 16.1. The highest BCUT2D eigenvalue weighted by atomic mass is 79.9. The first-order chi connectivity index (χ1) is 9.77. The molecular formula is C14H16BrF3N2O. The molecule has 116 valence electrons. The van der Waals surface area contributed by atoms with Crippen LogP contribution in [0.15, 0.2) is 22.7 Å². The summed E-state index contributed by atoms with van der Waals surface area (Å²) in [6.45, 7) is 0. The molecule has 2 rings (SSSR count). The van der Waals surface area contributed by atoms with E-state index in [-0.39, 0.29) is 37.5 Å². The zero-order valence-electron chi connectivity index (χ0n) is 11.2. The Morgan fingerprint density at radius 3 is 2.38 bits per heavy atom. The van der Waals surface area contributed by atoms with E-state index in [1.807, 2.05) is 0 Å². The van der Waals surface area contributed by atoms with Crippen LogP contribution in [0.1, 0.15) is 25.7 Å². The van der Waals surface area contributed by atoms with Gasteiger partial charge in [0.15, 0.2) is 0 Å². The molecule has 1 amide bonds. The fraction of sp³-hybridized carbons (Fsp3) is 0.500. The Bertz CT molecular complexity index is 525. The molecule has 1 aromatic rings. The second-order valence-corrected chi connectivity index (χ2v) is 6.23. The Kier molecular flexibility index (Phi) is 4.81. The quantitative estimate of drug-likeness (QED) is 0.767. The van der Waals surface area contributed by atoms with Crippen molar-refractivity contribution in [1.29, 1.82) is 0 Å². The summed E-state index contributed by atoms with van der Waals surface area (Å²) in [5.41, 5.74) is 6.69. The molecule has 0 atom stereocenters. The first-order valence-corrected chi connectivity index (χ1v) is 7.49. The molecule has 7 heteroatoms. The lowest BCUT2D eigenvalue weighted by atomic mass is 9.81. The fourth-order valence-electron chi connectivity index (χ4n) is 2.57. The van der Waals surface area contributed by atoms with Gasteiger partial charge < -0.3 is 11.1 Å². The summed E-state index contributed by atoms with van der Waals surface area (Å²) in [6.07, 6.45) is -3.62. The normalized spacial score (nSPS) is 22.9. The number of hydrogen-bond acceptors (Lipinski definition) is 2. The smallest absolute Gasteiger partial charge is 0.391 e. The molecule has 0 heterocycles. The number of carbonyl (C=O) groups excluding carboxylic acids is 1. The van der Waals surface area contributed by atoms with Gasteiger partial charge in [-0.05, 0) is 43.9 Å². The van der Waals surface area contributed by atoms with Gasteiger partial charge in [-0.3, -0.25) is 4.79 Å². The molecule has 0 aliphatic heterocycles. The molecule has 0 aromatic heterocycles. The van der Waals surface area contributed by atoms with Crippen LogP contribution in [-0.4, -0.2) is 12.1 Å². The summed E-state index contributed by atoms with van der Waals surface area (Å²) in [6, 6.07) is 5.07. The zero-order valence-corrected chi connectivity index (χ0v) is 12.8. The van der Waals surface area contributed by atoms with Crippen molar-refractivity contribution in [3.05, 3.63) is 22.7 Å². The van der Waals surface area contributed by atoms with Crippen LogP contribution >= 0.6 is 15.9 Å². The number of nitrogens with one attached hydrogen (secondary N) is 1. The maximum absolute atomic E-state index is 12.6. The van der Waals surface area contributed by atoms with Crippen molar-refractivity contribution in [2.24, 2.45) is 11.8 Å². The lowest BCUT2D eigenvalue weighted by molar-refractivity contribution is -0.184. The van der Waals surface area contributed by atoms with Crippen molar-refractivity contribution in [2.75, 3.05) is 11.1 Å². The zero-order chi connectivity index (χ0) is 15.6. The Labute approximate surface area is 129 Å². The second-order valence-electron chi connectivity index (χ2n) is 5.31. The number of anilines is 2. The number of carbonyl (C=O) groups is 1. The van der Waals surface area contributed by atoms with Gasteiger partial charge in [0.2, 0.25) is 5.91 Å². The summed E-state index contributed by atoms with van der Waals surface area (Å²) in [4.78, 5) is 12.1. The van der Waals surface area contributed by atoms with E-state index in [4.69, 9.17) is 5.73 Å². The van der Waals surface area contributed by atoms with Crippen LogP contribution in [0.3, 0.4) is 0 Å². The highest BCUT2D eigenvalue weighted by molar-refractivity contribution is 9.10. The van der Waals surface area contributed by atoms with Crippen molar-refractivity contribution in [2.45, 2.75) is 31.9 Å². The average molecular weight is 365 g/mol. The van der Waals surface area contributed by atoms with E-state index in [0.29, 0.717) is 11.4 Å². The molecule has 3 N–H and O–H groups in total. The molecule has 0 unspecified atom stereocenters. The van der Waals surface area contributed by atoms with E-state index in [9.17, 15) is 18.0 Å². The largest absolute Gasteiger partial charge is 0.397 e. The fourth-order valence-corrected chi connectivity index (χ4v) is 2.94. The molecule has 0 radical (unpaired) electrons. The van der Waals surface area contributed by atoms with Gasteiger partial charge in [0, 0.05) is 10.4 Å². The lowest BCUT2D eigenvalue weighted by Gasteiger charge is -2.29. The first-order valence-electron chi connectivity index (χ1n) is 6.70. The topological polar surface area (TPSA) is 55.1 Å². The van der Waals surface area contributed by atoms with Crippen LogP contribution in [0.25, 0.3) is 0 Å². The summed E-state index contributed by atoms with van der Waals surface area (Å²) in [5, 5.41) is 2.69. The van der Waals surface area contributed by atoms with Gasteiger partial charge in [0.25, 0.3) is 0 Å². The number of alkyl halides is 3. The molecule has 0 spiro atoms.